The number of carbonyl (C=O) groups is 1. The first-order chi connectivity index (χ1) is 10.8. The number of hydrogen-bond acceptors (Lipinski definition) is 3. The van der Waals surface area contributed by atoms with E-state index >= 15 is 0 Å². The topological polar surface area (TPSA) is 66.5 Å². The van der Waals surface area contributed by atoms with Crippen molar-refractivity contribution in [3.05, 3.63) is 60.2 Å². The van der Waals surface area contributed by atoms with Crippen molar-refractivity contribution in [1.29, 1.82) is 0 Å². The van der Waals surface area contributed by atoms with E-state index in [9.17, 15) is 13.2 Å². The standard InChI is InChI=1S/C17H20N2O3S/c1-13-9-11-16(12-10-13)19(23(3,21)22)14(2)17(20)18-15-7-5-4-6-8-15/h4-12,14H,1-3H3,(H,18,20). The number of benzene rings is 2. The average Bonchev–Trinajstić information content (AvgIpc) is 2.49. The van der Waals surface area contributed by atoms with Crippen LogP contribution in [0.5, 0.6) is 0 Å². The predicted molar refractivity (Wildman–Crippen MR) is 93.0 cm³/mol. The van der Waals surface area contributed by atoms with Crippen LogP contribution in [-0.2, 0) is 14.8 Å². The van der Waals surface area contributed by atoms with E-state index in [2.05, 4.69) is 5.32 Å². The molecule has 1 atom stereocenters. The highest BCUT2D eigenvalue weighted by molar-refractivity contribution is 7.92. The number of anilines is 2. The zero-order valence-electron chi connectivity index (χ0n) is 13.4. The Hall–Kier alpha value is -2.34. The first-order valence-electron chi connectivity index (χ1n) is 7.21. The summed E-state index contributed by atoms with van der Waals surface area (Å²) in [4.78, 5) is 12.4. The van der Waals surface area contributed by atoms with Gasteiger partial charge in [-0.1, -0.05) is 35.9 Å². The van der Waals surface area contributed by atoms with Crippen molar-refractivity contribution >= 4 is 27.3 Å². The maximum Gasteiger partial charge on any atom is 0.247 e. The van der Waals surface area contributed by atoms with Crippen molar-refractivity contribution in [1.82, 2.24) is 0 Å². The van der Waals surface area contributed by atoms with Crippen molar-refractivity contribution in [3.8, 4) is 0 Å². The van der Waals surface area contributed by atoms with E-state index in [1.807, 2.05) is 25.1 Å². The Balaban J connectivity index is 2.28. The minimum atomic E-state index is -3.59. The van der Waals surface area contributed by atoms with E-state index in [0.717, 1.165) is 16.1 Å². The van der Waals surface area contributed by atoms with E-state index in [0.29, 0.717) is 11.4 Å². The molecule has 0 fully saturated rings. The lowest BCUT2D eigenvalue weighted by Gasteiger charge is -2.28. The molecule has 0 aliphatic rings. The second-order valence-corrected chi connectivity index (χ2v) is 7.29. The highest BCUT2D eigenvalue weighted by Gasteiger charge is 2.29. The summed E-state index contributed by atoms with van der Waals surface area (Å²) in [7, 11) is -3.59. The third-order valence-corrected chi connectivity index (χ3v) is 4.66. The van der Waals surface area contributed by atoms with E-state index < -0.39 is 16.1 Å². The van der Waals surface area contributed by atoms with Gasteiger partial charge in [-0.05, 0) is 38.1 Å². The molecule has 122 valence electrons. The molecule has 2 aromatic rings. The van der Waals surface area contributed by atoms with Crippen LogP contribution in [0.4, 0.5) is 11.4 Å². The normalized spacial score (nSPS) is 12.5. The summed E-state index contributed by atoms with van der Waals surface area (Å²) in [5.41, 5.74) is 2.11. The lowest BCUT2D eigenvalue weighted by Crippen LogP contribution is -2.45. The maximum atomic E-state index is 12.4. The molecule has 0 aliphatic carbocycles. The summed E-state index contributed by atoms with van der Waals surface area (Å²) < 4.78 is 25.5. The molecule has 0 saturated heterocycles. The SMILES string of the molecule is Cc1ccc(N(C(C)C(=O)Nc2ccccc2)S(C)(=O)=O)cc1. The van der Waals surface area contributed by atoms with Gasteiger partial charge in [0.25, 0.3) is 0 Å². The molecule has 1 unspecified atom stereocenters. The van der Waals surface area contributed by atoms with Crippen LogP contribution in [-0.4, -0.2) is 26.6 Å². The van der Waals surface area contributed by atoms with Gasteiger partial charge >= 0.3 is 0 Å². The molecule has 0 saturated carbocycles. The van der Waals surface area contributed by atoms with Crippen molar-refractivity contribution in [2.24, 2.45) is 0 Å². The molecule has 0 heterocycles. The van der Waals surface area contributed by atoms with Crippen LogP contribution in [0.1, 0.15) is 12.5 Å². The third-order valence-electron chi connectivity index (χ3n) is 3.42. The van der Waals surface area contributed by atoms with Gasteiger partial charge in [0, 0.05) is 5.69 Å². The molecule has 5 nitrogen and oxygen atoms in total. The second-order valence-electron chi connectivity index (χ2n) is 5.43. The third kappa shape index (κ3) is 4.32. The Labute approximate surface area is 137 Å². The Morgan fingerprint density at radius 3 is 2.13 bits per heavy atom. The fraction of sp³-hybridized carbons (Fsp3) is 0.235. The Morgan fingerprint density at radius 1 is 1.04 bits per heavy atom. The first-order valence-corrected chi connectivity index (χ1v) is 9.06. The zero-order valence-corrected chi connectivity index (χ0v) is 14.2. The average molecular weight is 332 g/mol. The van der Waals surface area contributed by atoms with Gasteiger partial charge in [-0.3, -0.25) is 9.10 Å². The molecule has 23 heavy (non-hydrogen) atoms. The Kier molecular flexibility index (Phi) is 5.05. The quantitative estimate of drug-likeness (QED) is 0.915. The molecule has 1 N–H and O–H groups in total. The van der Waals surface area contributed by atoms with Crippen molar-refractivity contribution in [2.45, 2.75) is 19.9 Å². The van der Waals surface area contributed by atoms with Gasteiger partial charge in [-0.2, -0.15) is 0 Å². The van der Waals surface area contributed by atoms with Gasteiger partial charge in [0.1, 0.15) is 6.04 Å². The number of hydrogen-bond donors (Lipinski definition) is 1. The zero-order chi connectivity index (χ0) is 17.0. The fourth-order valence-electron chi connectivity index (χ4n) is 2.27. The number of nitrogens with one attached hydrogen (secondary N) is 1. The van der Waals surface area contributed by atoms with Crippen LogP contribution in [0, 0.1) is 6.92 Å². The number of rotatable bonds is 5. The van der Waals surface area contributed by atoms with Gasteiger partial charge < -0.3 is 5.32 Å². The van der Waals surface area contributed by atoms with E-state index in [1.54, 1.807) is 43.3 Å². The Morgan fingerprint density at radius 2 is 1.61 bits per heavy atom. The van der Waals surface area contributed by atoms with Crippen LogP contribution in [0.2, 0.25) is 0 Å². The smallest absolute Gasteiger partial charge is 0.247 e. The van der Waals surface area contributed by atoms with Gasteiger partial charge in [-0.25, -0.2) is 8.42 Å². The minimum absolute atomic E-state index is 0.387. The van der Waals surface area contributed by atoms with Gasteiger partial charge in [0.05, 0.1) is 11.9 Å². The highest BCUT2D eigenvalue weighted by atomic mass is 32.2. The van der Waals surface area contributed by atoms with E-state index in [4.69, 9.17) is 0 Å². The molecule has 0 aromatic heterocycles. The van der Waals surface area contributed by atoms with Gasteiger partial charge in [-0.15, -0.1) is 0 Å². The Bertz CT molecular complexity index is 771. The van der Waals surface area contributed by atoms with Crippen molar-refractivity contribution < 1.29 is 13.2 Å². The number of carbonyl (C=O) groups excluding carboxylic acids is 1. The summed E-state index contributed by atoms with van der Waals surface area (Å²) in [6.45, 7) is 3.49. The lowest BCUT2D eigenvalue weighted by molar-refractivity contribution is -0.116. The van der Waals surface area contributed by atoms with Crippen LogP contribution in [0.3, 0.4) is 0 Å². The number of para-hydroxylation sites is 1. The van der Waals surface area contributed by atoms with E-state index in [-0.39, 0.29) is 5.91 Å². The first kappa shape index (κ1) is 17.0. The summed E-state index contributed by atoms with van der Waals surface area (Å²) in [5.74, 6) is -0.387. The summed E-state index contributed by atoms with van der Waals surface area (Å²) in [5, 5.41) is 2.73. The van der Waals surface area contributed by atoms with Crippen molar-refractivity contribution in [3.63, 3.8) is 0 Å². The molecule has 0 aliphatic heterocycles. The number of nitrogens with zero attached hydrogens (tertiary/aromatic N) is 1. The number of sulfonamides is 1. The van der Waals surface area contributed by atoms with Gasteiger partial charge in [0.2, 0.25) is 15.9 Å². The summed E-state index contributed by atoms with van der Waals surface area (Å²) in [6.07, 6.45) is 1.10. The van der Waals surface area contributed by atoms with Crippen LogP contribution in [0.15, 0.2) is 54.6 Å². The minimum Gasteiger partial charge on any atom is -0.324 e. The second kappa shape index (κ2) is 6.83. The molecular formula is C17H20N2O3S. The maximum absolute atomic E-state index is 12.4. The molecule has 0 spiro atoms. The number of aryl methyl sites for hydroxylation is 1. The van der Waals surface area contributed by atoms with Crippen molar-refractivity contribution in [2.75, 3.05) is 15.9 Å². The fourth-order valence-corrected chi connectivity index (χ4v) is 3.44. The molecule has 0 radical (unpaired) electrons. The van der Waals surface area contributed by atoms with Crippen LogP contribution in [0.25, 0.3) is 0 Å². The highest BCUT2D eigenvalue weighted by Crippen LogP contribution is 2.22. The molecule has 6 heteroatoms. The molecule has 2 rings (SSSR count). The summed E-state index contributed by atoms with van der Waals surface area (Å²) >= 11 is 0. The predicted octanol–water partition coefficient (Wildman–Crippen LogP) is 2.79. The van der Waals surface area contributed by atoms with Crippen LogP contribution < -0.4 is 9.62 Å². The number of amides is 1. The molecule has 1 amide bonds. The molecule has 2 aromatic carbocycles. The largest absolute Gasteiger partial charge is 0.324 e. The summed E-state index contributed by atoms with van der Waals surface area (Å²) in [6, 6.07) is 15.1. The monoisotopic (exact) mass is 332 g/mol. The molecular weight excluding hydrogens is 312 g/mol. The molecule has 0 bridgehead atoms. The lowest BCUT2D eigenvalue weighted by atomic mass is 10.2. The van der Waals surface area contributed by atoms with E-state index in [1.165, 1.54) is 0 Å². The van der Waals surface area contributed by atoms with Crippen LogP contribution >= 0.6 is 0 Å². The van der Waals surface area contributed by atoms with Gasteiger partial charge in [0.15, 0.2) is 0 Å².